The first-order chi connectivity index (χ1) is 13.3. The molecular weight excluding hydrogens is 380 g/mol. The summed E-state index contributed by atoms with van der Waals surface area (Å²) in [4.78, 5) is 12.1. The first-order valence-electron chi connectivity index (χ1n) is 9.01. The first-order valence-corrected chi connectivity index (χ1v) is 9.01. The van der Waals surface area contributed by atoms with Gasteiger partial charge in [-0.3, -0.25) is 0 Å². The number of hydrogen-bond donors (Lipinski definition) is 5. The van der Waals surface area contributed by atoms with Crippen LogP contribution >= 0.6 is 0 Å². The quantitative estimate of drug-likeness (QED) is 0.315. The second kappa shape index (κ2) is 8.59. The van der Waals surface area contributed by atoms with Gasteiger partial charge in [0.15, 0.2) is 12.6 Å². The summed E-state index contributed by atoms with van der Waals surface area (Å²) in [5.74, 6) is -1.67. The van der Waals surface area contributed by atoms with Gasteiger partial charge in [-0.1, -0.05) is 0 Å². The fourth-order valence-electron chi connectivity index (χ4n) is 3.91. The van der Waals surface area contributed by atoms with Crippen LogP contribution < -0.4 is 0 Å². The molecule has 0 aromatic carbocycles. The van der Waals surface area contributed by atoms with E-state index in [9.17, 15) is 30.3 Å². The summed E-state index contributed by atoms with van der Waals surface area (Å²) in [6.45, 7) is 1.08. The van der Waals surface area contributed by atoms with E-state index in [1.165, 1.54) is 13.4 Å². The molecule has 0 spiro atoms. The fourth-order valence-corrected chi connectivity index (χ4v) is 3.91. The molecule has 2 fully saturated rings. The molecule has 2 saturated heterocycles. The van der Waals surface area contributed by atoms with Gasteiger partial charge in [0.05, 0.1) is 37.6 Å². The van der Waals surface area contributed by atoms with Crippen LogP contribution in [0.2, 0.25) is 0 Å². The second-order valence-corrected chi connectivity index (χ2v) is 7.12. The van der Waals surface area contributed by atoms with Crippen LogP contribution in [-0.2, 0) is 28.5 Å². The van der Waals surface area contributed by atoms with E-state index >= 15 is 0 Å². The maximum atomic E-state index is 12.1. The molecule has 11 nitrogen and oxygen atoms in total. The minimum atomic E-state index is -1.60. The Morgan fingerprint density at radius 1 is 1.14 bits per heavy atom. The molecule has 0 aliphatic carbocycles. The highest BCUT2D eigenvalue weighted by Crippen LogP contribution is 2.42. The third-order valence-corrected chi connectivity index (χ3v) is 5.41. The van der Waals surface area contributed by atoms with Gasteiger partial charge in [-0.2, -0.15) is 0 Å². The molecule has 0 amide bonds. The Hall–Kier alpha value is -1.31. The van der Waals surface area contributed by atoms with E-state index in [1.54, 1.807) is 6.92 Å². The summed E-state index contributed by atoms with van der Waals surface area (Å²) in [5.41, 5.74) is 0.218. The van der Waals surface area contributed by atoms with Gasteiger partial charge >= 0.3 is 5.97 Å². The molecule has 1 unspecified atom stereocenters. The molecule has 0 aromatic rings. The molecular formula is C17H26O11. The number of carbonyl (C=O) groups excluding carboxylic acids is 1. The largest absolute Gasteiger partial charge is 0.471 e. The molecule has 0 radical (unpaired) electrons. The van der Waals surface area contributed by atoms with Crippen molar-refractivity contribution in [3.63, 3.8) is 0 Å². The lowest BCUT2D eigenvalue weighted by molar-refractivity contribution is -0.352. The van der Waals surface area contributed by atoms with Crippen molar-refractivity contribution in [2.24, 2.45) is 11.8 Å². The van der Waals surface area contributed by atoms with Gasteiger partial charge in [0.1, 0.15) is 24.4 Å². The predicted octanol–water partition coefficient (Wildman–Crippen LogP) is -2.42. The number of ether oxygens (including phenoxy) is 5. The molecule has 28 heavy (non-hydrogen) atoms. The minimum Gasteiger partial charge on any atom is -0.471 e. The smallest absolute Gasteiger partial charge is 0.337 e. The number of hydrogen-bond acceptors (Lipinski definition) is 11. The molecule has 0 aromatic heterocycles. The van der Waals surface area contributed by atoms with Crippen molar-refractivity contribution in [2.75, 3.05) is 13.7 Å². The number of aliphatic hydroxyl groups is 5. The van der Waals surface area contributed by atoms with E-state index in [-0.39, 0.29) is 12.0 Å². The Morgan fingerprint density at radius 2 is 1.86 bits per heavy atom. The van der Waals surface area contributed by atoms with Gasteiger partial charge < -0.3 is 49.2 Å². The summed E-state index contributed by atoms with van der Waals surface area (Å²) in [6, 6.07) is 0. The number of fused-ring (bicyclic) bond motifs is 1. The monoisotopic (exact) mass is 406 g/mol. The summed E-state index contributed by atoms with van der Waals surface area (Å²) in [7, 11) is 1.23. The standard InChI is InChI=1S/C17H26O11/c1-6-11-7(3-10(19)26-6)8(15(23)24-2)5-25-16(11)28-17-14(22)13(21)12(20)9(4-18)27-17/h5-7,9-14,16-22H,3-4H2,1-2H3/t6-,7+,9+,10+,11?,12+,13-,14+,16-,17-/m0/s1. The first kappa shape index (κ1) is 21.4. The Bertz CT molecular complexity index is 594. The Morgan fingerprint density at radius 3 is 2.50 bits per heavy atom. The summed E-state index contributed by atoms with van der Waals surface area (Å²) < 4.78 is 26.8. The highest BCUT2D eigenvalue weighted by molar-refractivity contribution is 5.88. The maximum absolute atomic E-state index is 12.1. The zero-order valence-electron chi connectivity index (χ0n) is 15.5. The van der Waals surface area contributed by atoms with Crippen molar-refractivity contribution in [1.29, 1.82) is 0 Å². The lowest BCUT2D eigenvalue weighted by Crippen LogP contribution is -2.61. The lowest BCUT2D eigenvalue weighted by atomic mass is 9.77. The van der Waals surface area contributed by atoms with Crippen molar-refractivity contribution in [2.45, 2.75) is 62.7 Å². The average Bonchev–Trinajstić information content (AvgIpc) is 2.67. The minimum absolute atomic E-state index is 0.105. The number of carbonyl (C=O) groups is 1. The number of esters is 1. The van der Waals surface area contributed by atoms with Gasteiger partial charge in [-0.15, -0.1) is 0 Å². The van der Waals surface area contributed by atoms with Crippen molar-refractivity contribution in [3.8, 4) is 0 Å². The zero-order chi connectivity index (χ0) is 20.6. The van der Waals surface area contributed by atoms with E-state index in [4.69, 9.17) is 23.7 Å². The van der Waals surface area contributed by atoms with Crippen molar-refractivity contribution < 1.29 is 54.0 Å². The SMILES string of the molecule is COC(=O)C1=CO[C@@H](O[C@@H]2O[C@H](CO)[C@@H](O)[C@H](O)[C@H]2O)C2[C@H](C)O[C@@H](O)C[C@H]12. The van der Waals surface area contributed by atoms with E-state index < -0.39 is 73.8 Å². The Kier molecular flexibility index (Phi) is 6.57. The fraction of sp³-hybridized carbons (Fsp3) is 0.824. The van der Waals surface area contributed by atoms with Crippen LogP contribution in [-0.4, -0.2) is 94.6 Å². The van der Waals surface area contributed by atoms with Crippen molar-refractivity contribution in [1.82, 2.24) is 0 Å². The third-order valence-electron chi connectivity index (χ3n) is 5.41. The van der Waals surface area contributed by atoms with Crippen LogP contribution in [0.5, 0.6) is 0 Å². The topological polar surface area (TPSA) is 164 Å². The molecule has 160 valence electrons. The van der Waals surface area contributed by atoms with Gasteiger partial charge in [-0.25, -0.2) is 4.79 Å². The predicted molar refractivity (Wildman–Crippen MR) is 88.0 cm³/mol. The van der Waals surface area contributed by atoms with Crippen LogP contribution in [0.1, 0.15) is 13.3 Å². The molecule has 3 rings (SSSR count). The Labute approximate surface area is 161 Å². The van der Waals surface area contributed by atoms with E-state index in [0.717, 1.165) is 0 Å². The van der Waals surface area contributed by atoms with Crippen LogP contribution in [0.3, 0.4) is 0 Å². The highest BCUT2D eigenvalue weighted by Gasteiger charge is 2.51. The number of aliphatic hydroxyl groups excluding tert-OH is 5. The van der Waals surface area contributed by atoms with Crippen LogP contribution in [0.25, 0.3) is 0 Å². The van der Waals surface area contributed by atoms with E-state index in [0.29, 0.717) is 0 Å². The van der Waals surface area contributed by atoms with Gasteiger partial charge in [0.2, 0.25) is 6.29 Å². The normalized spacial score (nSPS) is 46.2. The average molecular weight is 406 g/mol. The lowest BCUT2D eigenvalue weighted by Gasteiger charge is -2.47. The van der Waals surface area contributed by atoms with Crippen LogP contribution in [0, 0.1) is 11.8 Å². The van der Waals surface area contributed by atoms with E-state index in [1.807, 2.05) is 0 Å². The second-order valence-electron chi connectivity index (χ2n) is 7.12. The summed E-state index contributed by atoms with van der Waals surface area (Å²) in [6.07, 6.45) is -8.71. The zero-order valence-corrected chi connectivity index (χ0v) is 15.5. The molecule has 11 heteroatoms. The van der Waals surface area contributed by atoms with Crippen LogP contribution in [0.4, 0.5) is 0 Å². The van der Waals surface area contributed by atoms with E-state index in [2.05, 4.69) is 0 Å². The third kappa shape index (κ3) is 3.89. The van der Waals surface area contributed by atoms with Gasteiger partial charge in [0, 0.05) is 12.3 Å². The molecule has 3 aliphatic heterocycles. The molecule has 0 saturated carbocycles. The molecule has 5 N–H and O–H groups in total. The van der Waals surface area contributed by atoms with Gasteiger partial charge in [-0.05, 0) is 6.92 Å². The molecule has 0 bridgehead atoms. The van der Waals surface area contributed by atoms with Crippen LogP contribution in [0.15, 0.2) is 11.8 Å². The number of rotatable bonds is 4. The van der Waals surface area contributed by atoms with Gasteiger partial charge in [0.25, 0.3) is 0 Å². The molecule has 10 atom stereocenters. The summed E-state index contributed by atoms with van der Waals surface area (Å²) in [5, 5.41) is 49.2. The summed E-state index contributed by atoms with van der Waals surface area (Å²) >= 11 is 0. The maximum Gasteiger partial charge on any atom is 0.337 e. The Balaban J connectivity index is 1.81. The van der Waals surface area contributed by atoms with Crippen molar-refractivity contribution >= 4 is 5.97 Å². The van der Waals surface area contributed by atoms with Crippen molar-refractivity contribution in [3.05, 3.63) is 11.8 Å². The molecule has 3 heterocycles. The highest BCUT2D eigenvalue weighted by atomic mass is 16.8. The molecule has 3 aliphatic rings. The number of methoxy groups -OCH3 is 1.